The van der Waals surface area contributed by atoms with Crippen molar-refractivity contribution >= 4 is 5.71 Å². The van der Waals surface area contributed by atoms with Gasteiger partial charge in [-0.2, -0.15) is 0 Å². The van der Waals surface area contributed by atoms with Crippen LogP contribution >= 0.6 is 0 Å². The van der Waals surface area contributed by atoms with Crippen molar-refractivity contribution in [1.82, 2.24) is 4.98 Å². The van der Waals surface area contributed by atoms with Crippen LogP contribution in [0.4, 0.5) is 0 Å². The highest BCUT2D eigenvalue weighted by Crippen LogP contribution is 2.36. The van der Waals surface area contributed by atoms with Gasteiger partial charge in [-0.25, -0.2) is 0 Å². The minimum atomic E-state index is -0.286. The second-order valence-electron chi connectivity index (χ2n) is 6.31. The number of methoxy groups -OCH3 is 1. The van der Waals surface area contributed by atoms with Gasteiger partial charge >= 0.3 is 0 Å². The van der Waals surface area contributed by atoms with Crippen LogP contribution in [0.3, 0.4) is 0 Å². The van der Waals surface area contributed by atoms with E-state index in [1.165, 1.54) is 0 Å². The molecule has 1 aromatic heterocycles. The molecule has 1 atom stereocenters. The van der Waals surface area contributed by atoms with E-state index in [0.29, 0.717) is 24.7 Å². The predicted molar refractivity (Wildman–Crippen MR) is 92.0 cm³/mol. The Morgan fingerprint density at radius 3 is 2.96 bits per heavy atom. The second-order valence-corrected chi connectivity index (χ2v) is 6.31. The maximum Gasteiger partial charge on any atom is 0.168 e. The highest BCUT2D eigenvalue weighted by Gasteiger charge is 2.43. The zero-order valence-electron chi connectivity index (χ0n) is 14.1. The first kappa shape index (κ1) is 15.9. The number of hydrogen-bond donors (Lipinski definition) is 0. The standard InChI is InChI=1S/C19H20N2O4/c1-22-17-5-4-15(16-10-19(25-21-16)6-8-23-13-19)9-18(17)24-12-14-3-2-7-20-11-14/h2-5,7,9,11H,6,8,10,12-13H2,1H3. The zero-order valence-corrected chi connectivity index (χ0v) is 14.1. The van der Waals surface area contributed by atoms with E-state index in [4.69, 9.17) is 19.0 Å². The third kappa shape index (κ3) is 3.30. The van der Waals surface area contributed by atoms with Crippen molar-refractivity contribution in [3.05, 3.63) is 53.9 Å². The molecule has 1 fully saturated rings. The summed E-state index contributed by atoms with van der Waals surface area (Å²) in [7, 11) is 1.63. The molecule has 6 heteroatoms. The fourth-order valence-electron chi connectivity index (χ4n) is 3.09. The maximum atomic E-state index is 5.95. The summed E-state index contributed by atoms with van der Waals surface area (Å²) in [5, 5.41) is 4.29. The Hall–Kier alpha value is -2.60. The SMILES string of the molecule is COc1ccc(C2=NOC3(CCOC3)C2)cc1OCc1cccnc1. The summed E-state index contributed by atoms with van der Waals surface area (Å²) in [6.07, 6.45) is 5.16. The van der Waals surface area contributed by atoms with Gasteiger partial charge in [0, 0.05) is 36.4 Å². The molecule has 2 aromatic rings. The second kappa shape index (κ2) is 6.72. The van der Waals surface area contributed by atoms with Crippen LogP contribution < -0.4 is 9.47 Å². The highest BCUT2D eigenvalue weighted by molar-refractivity contribution is 6.02. The van der Waals surface area contributed by atoms with E-state index in [9.17, 15) is 0 Å². The van der Waals surface area contributed by atoms with Crippen molar-refractivity contribution in [1.29, 1.82) is 0 Å². The molecule has 0 bridgehead atoms. The fourth-order valence-corrected chi connectivity index (χ4v) is 3.09. The zero-order chi connectivity index (χ0) is 17.1. The molecule has 0 radical (unpaired) electrons. The van der Waals surface area contributed by atoms with E-state index in [-0.39, 0.29) is 5.60 Å². The third-order valence-electron chi connectivity index (χ3n) is 4.52. The van der Waals surface area contributed by atoms with Gasteiger partial charge in [-0.05, 0) is 24.3 Å². The summed E-state index contributed by atoms with van der Waals surface area (Å²) in [6, 6.07) is 9.69. The van der Waals surface area contributed by atoms with Gasteiger partial charge in [0.25, 0.3) is 0 Å². The Balaban J connectivity index is 1.52. The van der Waals surface area contributed by atoms with Gasteiger partial charge in [-0.1, -0.05) is 11.2 Å². The minimum Gasteiger partial charge on any atom is -0.493 e. The van der Waals surface area contributed by atoms with Crippen molar-refractivity contribution in [3.63, 3.8) is 0 Å². The monoisotopic (exact) mass is 340 g/mol. The molecule has 0 saturated carbocycles. The molecule has 1 saturated heterocycles. The minimum absolute atomic E-state index is 0.286. The van der Waals surface area contributed by atoms with Gasteiger partial charge in [0.2, 0.25) is 0 Å². The summed E-state index contributed by atoms with van der Waals surface area (Å²) < 4.78 is 16.8. The van der Waals surface area contributed by atoms with Gasteiger partial charge in [0.1, 0.15) is 6.61 Å². The number of nitrogens with zero attached hydrogens (tertiary/aromatic N) is 2. The highest BCUT2D eigenvalue weighted by atomic mass is 16.7. The first-order valence-corrected chi connectivity index (χ1v) is 8.31. The Kier molecular flexibility index (Phi) is 4.28. The van der Waals surface area contributed by atoms with E-state index < -0.39 is 0 Å². The lowest BCUT2D eigenvalue weighted by atomic mass is 9.93. The molecule has 0 amide bonds. The van der Waals surface area contributed by atoms with Crippen molar-refractivity contribution in [2.45, 2.75) is 25.0 Å². The number of rotatable bonds is 5. The molecule has 6 nitrogen and oxygen atoms in total. The van der Waals surface area contributed by atoms with Crippen LogP contribution in [0.25, 0.3) is 0 Å². The lowest BCUT2D eigenvalue weighted by Crippen LogP contribution is -2.29. The summed E-state index contributed by atoms with van der Waals surface area (Å²) >= 11 is 0. The number of benzene rings is 1. The van der Waals surface area contributed by atoms with Crippen LogP contribution in [0, 0.1) is 0 Å². The van der Waals surface area contributed by atoms with Gasteiger partial charge in [-0.3, -0.25) is 4.98 Å². The number of hydrogen-bond acceptors (Lipinski definition) is 6. The fraction of sp³-hybridized carbons (Fsp3) is 0.368. The van der Waals surface area contributed by atoms with Crippen LogP contribution in [0.5, 0.6) is 11.5 Å². The molecule has 0 aliphatic carbocycles. The number of oxime groups is 1. The number of pyridine rings is 1. The number of ether oxygens (including phenoxy) is 3. The topological polar surface area (TPSA) is 62.2 Å². The molecule has 1 aromatic carbocycles. The third-order valence-corrected chi connectivity index (χ3v) is 4.52. The van der Waals surface area contributed by atoms with Crippen LogP contribution in [0.1, 0.15) is 24.0 Å². The Bertz CT molecular complexity index is 770. The van der Waals surface area contributed by atoms with Gasteiger partial charge < -0.3 is 19.0 Å². The van der Waals surface area contributed by atoms with Crippen LogP contribution in [0.2, 0.25) is 0 Å². The smallest absolute Gasteiger partial charge is 0.168 e. The van der Waals surface area contributed by atoms with Gasteiger partial charge in [-0.15, -0.1) is 0 Å². The summed E-state index contributed by atoms with van der Waals surface area (Å²) in [6.45, 7) is 1.75. The molecule has 0 N–H and O–H groups in total. The maximum absolute atomic E-state index is 5.95. The molecule has 3 heterocycles. The quantitative estimate of drug-likeness (QED) is 0.837. The Morgan fingerprint density at radius 2 is 2.20 bits per heavy atom. The van der Waals surface area contributed by atoms with Crippen LogP contribution in [-0.4, -0.2) is 36.6 Å². The average Bonchev–Trinajstić information content (AvgIpc) is 3.31. The summed E-state index contributed by atoms with van der Waals surface area (Å²) in [5.41, 5.74) is 2.61. The lowest BCUT2D eigenvalue weighted by molar-refractivity contribution is -0.0237. The van der Waals surface area contributed by atoms with Crippen molar-refractivity contribution in [3.8, 4) is 11.5 Å². The van der Waals surface area contributed by atoms with Crippen molar-refractivity contribution < 1.29 is 19.0 Å². The van der Waals surface area contributed by atoms with E-state index in [2.05, 4.69) is 10.1 Å². The Morgan fingerprint density at radius 1 is 1.24 bits per heavy atom. The molecule has 4 rings (SSSR count). The molecule has 2 aliphatic rings. The molecule has 1 spiro atoms. The van der Waals surface area contributed by atoms with Gasteiger partial charge in [0.05, 0.1) is 26.0 Å². The first-order chi connectivity index (χ1) is 12.3. The van der Waals surface area contributed by atoms with E-state index in [1.54, 1.807) is 19.5 Å². The molecule has 1 unspecified atom stereocenters. The largest absolute Gasteiger partial charge is 0.493 e. The molecule has 25 heavy (non-hydrogen) atoms. The van der Waals surface area contributed by atoms with Crippen molar-refractivity contribution in [2.75, 3.05) is 20.3 Å². The summed E-state index contributed by atoms with van der Waals surface area (Å²) in [5.74, 6) is 1.36. The molecule has 130 valence electrons. The van der Waals surface area contributed by atoms with Gasteiger partial charge in [0.15, 0.2) is 17.1 Å². The normalized spacial score (nSPS) is 21.9. The first-order valence-electron chi connectivity index (χ1n) is 8.31. The van der Waals surface area contributed by atoms with Crippen LogP contribution in [0.15, 0.2) is 47.9 Å². The number of aromatic nitrogens is 1. The predicted octanol–water partition coefficient (Wildman–Crippen LogP) is 2.95. The summed E-state index contributed by atoms with van der Waals surface area (Å²) in [4.78, 5) is 9.78. The van der Waals surface area contributed by atoms with Crippen LogP contribution in [-0.2, 0) is 16.2 Å². The lowest BCUT2D eigenvalue weighted by Gasteiger charge is -2.17. The Labute approximate surface area is 146 Å². The molecular formula is C19H20N2O4. The van der Waals surface area contributed by atoms with E-state index in [1.807, 2.05) is 30.3 Å². The van der Waals surface area contributed by atoms with E-state index in [0.717, 1.165) is 36.3 Å². The molecular weight excluding hydrogens is 320 g/mol. The molecule has 2 aliphatic heterocycles. The van der Waals surface area contributed by atoms with E-state index >= 15 is 0 Å². The van der Waals surface area contributed by atoms with Crippen molar-refractivity contribution in [2.24, 2.45) is 5.16 Å². The average molecular weight is 340 g/mol.